The first-order valence-electron chi connectivity index (χ1n) is 7.72. The summed E-state index contributed by atoms with van der Waals surface area (Å²) in [6.45, 7) is 6.19. The molecule has 0 aliphatic carbocycles. The molecule has 1 fully saturated rings. The molecule has 0 bridgehead atoms. The smallest absolute Gasteiger partial charge is 0.339 e. The summed E-state index contributed by atoms with van der Waals surface area (Å²) in [7, 11) is 0. The summed E-state index contributed by atoms with van der Waals surface area (Å²) in [5.74, 6) is 0.961. The van der Waals surface area contributed by atoms with Crippen molar-refractivity contribution in [3.63, 3.8) is 0 Å². The number of nitrogens with one attached hydrogen (secondary N) is 1. The Bertz CT molecular complexity index is 516. The normalized spacial score (nSPS) is 17.9. The van der Waals surface area contributed by atoms with Crippen molar-refractivity contribution in [3.8, 4) is 0 Å². The summed E-state index contributed by atoms with van der Waals surface area (Å²) >= 11 is 0. The largest absolute Gasteiger partial charge is 0.462 e. The maximum atomic E-state index is 11.6. The van der Waals surface area contributed by atoms with Gasteiger partial charge in [0.25, 0.3) is 0 Å². The van der Waals surface area contributed by atoms with Crippen LogP contribution in [0.4, 0.5) is 5.82 Å². The lowest BCUT2D eigenvalue weighted by atomic mass is 9.98. The number of carbonyl (C=O) groups excluding carboxylic acids is 2. The van der Waals surface area contributed by atoms with Crippen molar-refractivity contribution in [3.05, 3.63) is 23.9 Å². The Morgan fingerprint density at radius 2 is 2.27 bits per heavy atom. The van der Waals surface area contributed by atoms with Crippen LogP contribution in [0.25, 0.3) is 0 Å². The molecule has 1 atom stereocenters. The highest BCUT2D eigenvalue weighted by Gasteiger charge is 2.21. The van der Waals surface area contributed by atoms with E-state index in [1.165, 1.54) is 6.92 Å². The Morgan fingerprint density at radius 3 is 2.91 bits per heavy atom. The Morgan fingerprint density at radius 1 is 1.45 bits per heavy atom. The fraction of sp³-hybridized carbons (Fsp3) is 0.562. The number of ether oxygens (including phenoxy) is 1. The minimum Gasteiger partial charge on any atom is -0.462 e. The van der Waals surface area contributed by atoms with Crippen molar-refractivity contribution in [2.24, 2.45) is 5.92 Å². The van der Waals surface area contributed by atoms with Crippen molar-refractivity contribution < 1.29 is 14.3 Å². The molecule has 1 aromatic rings. The van der Waals surface area contributed by atoms with Crippen LogP contribution in [0.3, 0.4) is 0 Å². The molecule has 1 aromatic heterocycles. The molecule has 1 aliphatic heterocycles. The fourth-order valence-corrected chi connectivity index (χ4v) is 2.64. The second kappa shape index (κ2) is 7.77. The number of nitrogens with zero attached hydrogens (tertiary/aromatic N) is 2. The summed E-state index contributed by atoms with van der Waals surface area (Å²) in [6.07, 6.45) is 3.74. The number of rotatable bonds is 5. The maximum Gasteiger partial charge on any atom is 0.339 e. The molecule has 2 heterocycles. The second-order valence-electron chi connectivity index (χ2n) is 5.52. The molecular formula is C16H23N3O3. The van der Waals surface area contributed by atoms with Gasteiger partial charge in [-0.2, -0.15) is 0 Å². The number of carbonyl (C=O) groups is 2. The second-order valence-corrected chi connectivity index (χ2v) is 5.52. The molecule has 6 nitrogen and oxygen atoms in total. The van der Waals surface area contributed by atoms with Crippen LogP contribution >= 0.6 is 0 Å². The molecule has 0 aromatic carbocycles. The molecule has 0 saturated carbocycles. The number of esters is 1. The van der Waals surface area contributed by atoms with Crippen LogP contribution in [-0.2, 0) is 9.53 Å². The number of hydrogen-bond donors (Lipinski definition) is 1. The summed E-state index contributed by atoms with van der Waals surface area (Å²) < 4.78 is 4.95. The molecule has 1 N–H and O–H groups in total. The van der Waals surface area contributed by atoms with Crippen LogP contribution in [0.2, 0.25) is 0 Å². The Kier molecular flexibility index (Phi) is 5.75. The molecule has 1 saturated heterocycles. The quantitative estimate of drug-likeness (QED) is 0.837. The van der Waals surface area contributed by atoms with E-state index in [1.54, 1.807) is 19.2 Å². The van der Waals surface area contributed by atoms with E-state index in [9.17, 15) is 9.59 Å². The highest BCUT2D eigenvalue weighted by molar-refractivity contribution is 5.89. The molecule has 1 amide bonds. The maximum absolute atomic E-state index is 11.6. The number of piperidine rings is 1. The topological polar surface area (TPSA) is 71.5 Å². The lowest BCUT2D eigenvalue weighted by molar-refractivity contribution is -0.119. The standard InChI is InChI=1S/C16H23N3O3/c1-3-22-16(21)14-6-7-15(18-10-14)19-8-4-5-13(11-19)9-17-12(2)20/h6-7,10,13H,3-5,8-9,11H2,1-2H3,(H,17,20). The highest BCUT2D eigenvalue weighted by Crippen LogP contribution is 2.21. The van der Waals surface area contributed by atoms with Crippen molar-refractivity contribution in [2.75, 3.05) is 31.1 Å². The van der Waals surface area contributed by atoms with Crippen LogP contribution in [-0.4, -0.2) is 43.1 Å². The first kappa shape index (κ1) is 16.3. The summed E-state index contributed by atoms with van der Waals surface area (Å²) in [5.41, 5.74) is 0.470. The highest BCUT2D eigenvalue weighted by atomic mass is 16.5. The van der Waals surface area contributed by atoms with Crippen LogP contribution in [0.5, 0.6) is 0 Å². The Labute approximate surface area is 130 Å². The van der Waals surface area contributed by atoms with Crippen molar-refractivity contribution in [1.29, 1.82) is 0 Å². The van der Waals surface area contributed by atoms with E-state index in [-0.39, 0.29) is 11.9 Å². The molecular weight excluding hydrogens is 282 g/mol. The predicted molar refractivity (Wildman–Crippen MR) is 83.8 cm³/mol. The number of hydrogen-bond acceptors (Lipinski definition) is 5. The van der Waals surface area contributed by atoms with E-state index in [2.05, 4.69) is 15.2 Å². The molecule has 0 spiro atoms. The zero-order valence-electron chi connectivity index (χ0n) is 13.2. The van der Waals surface area contributed by atoms with E-state index in [4.69, 9.17) is 4.74 Å². The van der Waals surface area contributed by atoms with Gasteiger partial charge in [0.1, 0.15) is 5.82 Å². The Hall–Kier alpha value is -2.11. The summed E-state index contributed by atoms with van der Waals surface area (Å²) in [5, 5.41) is 2.88. The van der Waals surface area contributed by atoms with Crippen molar-refractivity contribution in [2.45, 2.75) is 26.7 Å². The molecule has 120 valence electrons. The lowest BCUT2D eigenvalue weighted by Gasteiger charge is -2.33. The minimum atomic E-state index is -0.344. The molecule has 6 heteroatoms. The zero-order valence-corrected chi connectivity index (χ0v) is 13.2. The molecule has 1 unspecified atom stereocenters. The van der Waals surface area contributed by atoms with E-state index in [1.807, 2.05) is 6.07 Å². The Balaban J connectivity index is 1.95. The van der Waals surface area contributed by atoms with E-state index in [0.717, 1.165) is 31.7 Å². The van der Waals surface area contributed by atoms with Gasteiger partial charge in [0, 0.05) is 32.8 Å². The number of pyridine rings is 1. The average Bonchev–Trinajstić information content (AvgIpc) is 2.53. The predicted octanol–water partition coefficient (Wildman–Crippen LogP) is 1.61. The molecule has 0 radical (unpaired) electrons. The number of amides is 1. The first-order valence-corrected chi connectivity index (χ1v) is 7.72. The third-order valence-electron chi connectivity index (χ3n) is 3.74. The lowest BCUT2D eigenvalue weighted by Crippen LogP contribution is -2.40. The van der Waals surface area contributed by atoms with Crippen LogP contribution < -0.4 is 10.2 Å². The van der Waals surface area contributed by atoms with Crippen molar-refractivity contribution >= 4 is 17.7 Å². The fourth-order valence-electron chi connectivity index (χ4n) is 2.64. The van der Waals surface area contributed by atoms with Gasteiger partial charge in [-0.1, -0.05) is 0 Å². The van der Waals surface area contributed by atoms with Gasteiger partial charge in [-0.3, -0.25) is 4.79 Å². The zero-order chi connectivity index (χ0) is 15.9. The van der Waals surface area contributed by atoms with Gasteiger partial charge in [0.15, 0.2) is 0 Å². The number of anilines is 1. The first-order chi connectivity index (χ1) is 10.6. The van der Waals surface area contributed by atoms with Gasteiger partial charge < -0.3 is 15.0 Å². The monoisotopic (exact) mass is 305 g/mol. The third-order valence-corrected chi connectivity index (χ3v) is 3.74. The molecule has 2 rings (SSSR count). The van der Waals surface area contributed by atoms with Gasteiger partial charge >= 0.3 is 5.97 Å². The van der Waals surface area contributed by atoms with Crippen LogP contribution in [0.1, 0.15) is 37.0 Å². The molecule has 1 aliphatic rings. The van der Waals surface area contributed by atoms with Crippen molar-refractivity contribution in [1.82, 2.24) is 10.3 Å². The minimum absolute atomic E-state index is 0.00837. The van der Waals surface area contributed by atoms with Gasteiger partial charge in [0.2, 0.25) is 5.91 Å². The number of aromatic nitrogens is 1. The summed E-state index contributed by atoms with van der Waals surface area (Å²) in [4.78, 5) is 29.2. The van der Waals surface area contributed by atoms with Gasteiger partial charge in [-0.15, -0.1) is 0 Å². The van der Waals surface area contributed by atoms with Crippen LogP contribution in [0, 0.1) is 5.92 Å². The van der Waals surface area contributed by atoms with E-state index in [0.29, 0.717) is 24.6 Å². The SMILES string of the molecule is CCOC(=O)c1ccc(N2CCCC(CNC(C)=O)C2)nc1. The third kappa shape index (κ3) is 4.44. The summed E-state index contributed by atoms with van der Waals surface area (Å²) in [6, 6.07) is 3.60. The van der Waals surface area contributed by atoms with E-state index < -0.39 is 0 Å². The van der Waals surface area contributed by atoms with Gasteiger partial charge in [-0.05, 0) is 37.8 Å². The van der Waals surface area contributed by atoms with Gasteiger partial charge in [-0.25, -0.2) is 9.78 Å². The van der Waals surface area contributed by atoms with E-state index >= 15 is 0 Å². The van der Waals surface area contributed by atoms with Crippen LogP contribution in [0.15, 0.2) is 18.3 Å². The average molecular weight is 305 g/mol. The molecule has 22 heavy (non-hydrogen) atoms. The van der Waals surface area contributed by atoms with Gasteiger partial charge in [0.05, 0.1) is 12.2 Å².